The van der Waals surface area contributed by atoms with Gasteiger partial charge in [0.05, 0.1) is 18.8 Å². The molecule has 0 heterocycles. The molecule has 0 aliphatic carbocycles. The smallest absolute Gasteiger partial charge is 0.220 e. The molecule has 0 bridgehead atoms. The summed E-state index contributed by atoms with van der Waals surface area (Å²) >= 11 is 0. The van der Waals surface area contributed by atoms with Gasteiger partial charge in [-0.15, -0.1) is 0 Å². The number of aliphatic hydroxyl groups excluding tert-OH is 2. The van der Waals surface area contributed by atoms with Crippen molar-refractivity contribution in [1.29, 1.82) is 0 Å². The zero-order chi connectivity index (χ0) is 40.7. The van der Waals surface area contributed by atoms with Crippen LogP contribution < -0.4 is 5.32 Å². The summed E-state index contributed by atoms with van der Waals surface area (Å²) in [6, 6.07) is -0.616. The molecule has 2 atom stereocenters. The quantitative estimate of drug-likeness (QED) is 0.0425. The fourth-order valence-corrected chi connectivity index (χ4v) is 8.30. The maximum atomic E-state index is 12.4. The molecule has 0 spiro atoms. The Morgan fingerprint density at radius 3 is 0.929 bits per heavy atom. The van der Waals surface area contributed by atoms with E-state index in [9.17, 15) is 15.0 Å². The Balaban J connectivity index is 3.36. The van der Waals surface area contributed by atoms with Gasteiger partial charge in [-0.2, -0.15) is 0 Å². The average molecular weight is 790 g/mol. The summed E-state index contributed by atoms with van der Waals surface area (Å²) in [5, 5.41) is 23.0. The van der Waals surface area contributed by atoms with Crippen LogP contribution in [0.4, 0.5) is 0 Å². The van der Waals surface area contributed by atoms with Crippen LogP contribution in [0.2, 0.25) is 0 Å². The van der Waals surface area contributed by atoms with Crippen LogP contribution in [-0.4, -0.2) is 34.9 Å². The molecular weight excluding hydrogens is 687 g/mol. The monoisotopic (exact) mass is 790 g/mol. The lowest BCUT2D eigenvalue weighted by Crippen LogP contribution is -2.45. The highest BCUT2D eigenvalue weighted by atomic mass is 16.3. The number of unbranched alkanes of at least 4 members (excludes halogenated alkanes) is 41. The third-order valence-electron chi connectivity index (χ3n) is 12.3. The van der Waals surface area contributed by atoms with Crippen LogP contribution in [0.3, 0.4) is 0 Å². The molecule has 4 nitrogen and oxygen atoms in total. The third kappa shape index (κ3) is 44.2. The fraction of sp³-hybridized carbons (Fsp3) is 0.942. The van der Waals surface area contributed by atoms with Crippen LogP contribution in [-0.2, 0) is 4.79 Å². The third-order valence-corrected chi connectivity index (χ3v) is 12.3. The Labute approximate surface area is 352 Å². The summed E-state index contributed by atoms with van der Waals surface area (Å²) in [4.78, 5) is 12.4. The van der Waals surface area contributed by atoms with Crippen molar-refractivity contribution in [3.05, 3.63) is 12.2 Å². The minimum atomic E-state index is -0.833. The van der Waals surface area contributed by atoms with E-state index in [1.165, 1.54) is 250 Å². The molecule has 1 amide bonds. The van der Waals surface area contributed by atoms with Crippen molar-refractivity contribution in [1.82, 2.24) is 5.32 Å². The van der Waals surface area contributed by atoms with E-state index < -0.39 is 12.1 Å². The first kappa shape index (κ1) is 55.1. The van der Waals surface area contributed by atoms with Crippen molar-refractivity contribution < 1.29 is 15.0 Å². The van der Waals surface area contributed by atoms with Crippen molar-refractivity contribution in [2.45, 2.75) is 309 Å². The van der Waals surface area contributed by atoms with Gasteiger partial charge >= 0.3 is 0 Å². The standard InChI is InChI=1S/C52H103NO3/c1-3-5-7-9-11-13-15-16-17-18-19-20-21-22-23-24-25-26-27-28-29-30-31-32-33-34-35-36-38-40-42-44-46-48-52(56)53-50(49-54)51(55)47-45-43-41-39-37-14-12-10-8-6-4-2/h45,47,50-51,54-55H,3-44,46,48-49H2,1-2H3,(H,53,56)/b47-45+. The lowest BCUT2D eigenvalue weighted by Gasteiger charge is -2.20. The zero-order valence-electron chi connectivity index (χ0n) is 38.4. The van der Waals surface area contributed by atoms with Crippen molar-refractivity contribution in [2.24, 2.45) is 0 Å². The van der Waals surface area contributed by atoms with E-state index in [0.717, 1.165) is 25.7 Å². The van der Waals surface area contributed by atoms with E-state index in [1.807, 2.05) is 6.08 Å². The van der Waals surface area contributed by atoms with E-state index in [1.54, 1.807) is 6.08 Å². The van der Waals surface area contributed by atoms with Crippen LogP contribution in [0.25, 0.3) is 0 Å². The predicted octanol–water partition coefficient (Wildman–Crippen LogP) is 16.6. The summed E-state index contributed by atoms with van der Waals surface area (Å²) in [6.07, 6.45) is 62.3. The van der Waals surface area contributed by atoms with Gasteiger partial charge in [0.25, 0.3) is 0 Å². The average Bonchev–Trinajstić information content (AvgIpc) is 3.20. The number of carbonyl (C=O) groups excluding carboxylic acids is 1. The Kier molecular flexibility index (Phi) is 47.7. The first-order chi connectivity index (χ1) is 27.7. The van der Waals surface area contributed by atoms with E-state index in [0.29, 0.717) is 6.42 Å². The summed E-state index contributed by atoms with van der Waals surface area (Å²) in [7, 11) is 0. The molecule has 0 aromatic rings. The summed E-state index contributed by atoms with van der Waals surface area (Å²) in [5.74, 6) is -0.0591. The number of allylic oxidation sites excluding steroid dienone is 1. The molecule has 2 unspecified atom stereocenters. The molecule has 4 heteroatoms. The maximum Gasteiger partial charge on any atom is 0.220 e. The van der Waals surface area contributed by atoms with Crippen molar-refractivity contribution in [3.8, 4) is 0 Å². The summed E-state index contributed by atoms with van der Waals surface area (Å²) in [6.45, 7) is 4.32. The van der Waals surface area contributed by atoms with Gasteiger partial charge in [-0.25, -0.2) is 0 Å². The molecule has 0 aromatic heterocycles. The second-order valence-corrected chi connectivity index (χ2v) is 18.0. The van der Waals surface area contributed by atoms with Crippen LogP contribution >= 0.6 is 0 Å². The van der Waals surface area contributed by atoms with Crippen LogP contribution in [0.1, 0.15) is 296 Å². The largest absolute Gasteiger partial charge is 0.394 e. The fourth-order valence-electron chi connectivity index (χ4n) is 8.30. The molecular formula is C52H103NO3. The normalized spacial score (nSPS) is 12.9. The van der Waals surface area contributed by atoms with Gasteiger partial charge in [0.2, 0.25) is 5.91 Å². The van der Waals surface area contributed by atoms with Crippen molar-refractivity contribution in [2.75, 3.05) is 6.61 Å². The molecule has 0 radical (unpaired) electrons. The number of rotatable bonds is 48. The number of hydrogen-bond donors (Lipinski definition) is 3. The number of nitrogens with one attached hydrogen (secondary N) is 1. The maximum absolute atomic E-state index is 12.4. The van der Waals surface area contributed by atoms with Crippen molar-refractivity contribution >= 4 is 5.91 Å². The van der Waals surface area contributed by atoms with Gasteiger partial charge in [-0.3, -0.25) is 4.79 Å². The molecule has 3 N–H and O–H groups in total. The lowest BCUT2D eigenvalue weighted by atomic mass is 10.0. The van der Waals surface area contributed by atoms with Crippen LogP contribution in [0, 0.1) is 0 Å². The van der Waals surface area contributed by atoms with Gasteiger partial charge in [-0.1, -0.05) is 283 Å². The van der Waals surface area contributed by atoms with Crippen LogP contribution in [0.5, 0.6) is 0 Å². The van der Waals surface area contributed by atoms with Crippen molar-refractivity contribution in [3.63, 3.8) is 0 Å². The Hall–Kier alpha value is -0.870. The van der Waals surface area contributed by atoms with E-state index in [2.05, 4.69) is 19.2 Å². The van der Waals surface area contributed by atoms with E-state index in [4.69, 9.17) is 0 Å². The number of amides is 1. The minimum Gasteiger partial charge on any atom is -0.394 e. The van der Waals surface area contributed by atoms with Gasteiger partial charge in [0.15, 0.2) is 0 Å². The Bertz CT molecular complexity index is 769. The molecule has 334 valence electrons. The number of aliphatic hydroxyl groups is 2. The molecule has 0 fully saturated rings. The van der Waals surface area contributed by atoms with E-state index in [-0.39, 0.29) is 12.5 Å². The minimum absolute atomic E-state index is 0.0591. The highest BCUT2D eigenvalue weighted by Gasteiger charge is 2.18. The number of carbonyl (C=O) groups is 1. The number of hydrogen-bond acceptors (Lipinski definition) is 3. The molecule has 0 aliphatic rings. The van der Waals surface area contributed by atoms with Gasteiger partial charge in [0, 0.05) is 6.42 Å². The van der Waals surface area contributed by atoms with E-state index >= 15 is 0 Å². The molecule has 0 saturated carbocycles. The molecule has 0 saturated heterocycles. The Morgan fingerprint density at radius 1 is 0.411 bits per heavy atom. The summed E-state index contributed by atoms with van der Waals surface area (Å²) < 4.78 is 0. The predicted molar refractivity (Wildman–Crippen MR) is 249 cm³/mol. The second kappa shape index (κ2) is 48.5. The first-order valence-corrected chi connectivity index (χ1v) is 25.9. The second-order valence-electron chi connectivity index (χ2n) is 18.0. The van der Waals surface area contributed by atoms with Gasteiger partial charge in [0.1, 0.15) is 0 Å². The SMILES string of the molecule is CCCCCCCCCCC/C=C/C(O)C(CO)NC(=O)CCCCCCCCCCCCCCCCCCCCCCCCCCCCCCCCCCC. The molecule has 0 rings (SSSR count). The molecule has 0 aliphatic heterocycles. The molecule has 0 aromatic carbocycles. The topological polar surface area (TPSA) is 69.6 Å². The summed E-state index contributed by atoms with van der Waals surface area (Å²) in [5.41, 5.74) is 0. The van der Waals surface area contributed by atoms with Gasteiger partial charge < -0.3 is 15.5 Å². The first-order valence-electron chi connectivity index (χ1n) is 25.9. The zero-order valence-corrected chi connectivity index (χ0v) is 38.4. The highest BCUT2D eigenvalue weighted by molar-refractivity contribution is 5.76. The lowest BCUT2D eigenvalue weighted by molar-refractivity contribution is -0.123. The van der Waals surface area contributed by atoms with Crippen LogP contribution in [0.15, 0.2) is 12.2 Å². The highest BCUT2D eigenvalue weighted by Crippen LogP contribution is 2.17. The molecule has 56 heavy (non-hydrogen) atoms. The Morgan fingerprint density at radius 2 is 0.661 bits per heavy atom. The van der Waals surface area contributed by atoms with Gasteiger partial charge in [-0.05, 0) is 19.3 Å².